The van der Waals surface area contributed by atoms with Crippen LogP contribution in [0, 0.1) is 11.8 Å². The van der Waals surface area contributed by atoms with Gasteiger partial charge in [0.2, 0.25) is 5.91 Å². The zero-order valence-electron chi connectivity index (χ0n) is 6.34. The van der Waals surface area contributed by atoms with Crippen molar-refractivity contribution in [1.82, 2.24) is 4.90 Å². The second kappa shape index (κ2) is 1.97. The summed E-state index contributed by atoms with van der Waals surface area (Å²) in [6, 6.07) is 0. The van der Waals surface area contributed by atoms with Crippen LogP contribution in [0.5, 0.6) is 0 Å². The van der Waals surface area contributed by atoms with Crippen molar-refractivity contribution in [3.63, 3.8) is 0 Å². The molecule has 2 fully saturated rings. The molecule has 1 amide bonds. The van der Waals surface area contributed by atoms with Crippen LogP contribution in [0.1, 0.15) is 19.8 Å². The molecule has 1 aliphatic carbocycles. The van der Waals surface area contributed by atoms with Crippen molar-refractivity contribution < 1.29 is 4.79 Å². The Kier molecular flexibility index (Phi) is 1.22. The van der Waals surface area contributed by atoms with Gasteiger partial charge in [-0.25, -0.2) is 0 Å². The predicted molar refractivity (Wildman–Crippen MR) is 38.5 cm³/mol. The van der Waals surface area contributed by atoms with Crippen molar-refractivity contribution in [2.75, 3.05) is 13.1 Å². The van der Waals surface area contributed by atoms with Crippen LogP contribution in [0.2, 0.25) is 0 Å². The number of likely N-dealkylation sites (tertiary alicyclic amines) is 1. The Bertz CT molecular complexity index is 156. The quantitative estimate of drug-likeness (QED) is 0.528. The molecular weight excluding hydrogens is 126 g/mol. The van der Waals surface area contributed by atoms with Crippen LogP contribution in [0.15, 0.2) is 0 Å². The van der Waals surface area contributed by atoms with E-state index in [-0.39, 0.29) is 0 Å². The van der Waals surface area contributed by atoms with E-state index in [1.807, 2.05) is 4.90 Å². The smallest absolute Gasteiger partial charge is 0.225 e. The molecule has 2 heteroatoms. The molecule has 0 unspecified atom stereocenters. The molecule has 1 aliphatic heterocycles. The van der Waals surface area contributed by atoms with Gasteiger partial charge in [-0.05, 0) is 18.8 Å². The highest BCUT2D eigenvalue weighted by atomic mass is 16.2. The average molecular weight is 139 g/mol. The van der Waals surface area contributed by atoms with Gasteiger partial charge in [0.25, 0.3) is 0 Å². The molecule has 10 heavy (non-hydrogen) atoms. The predicted octanol–water partition coefficient (Wildman–Crippen LogP) is 0.875. The Morgan fingerprint density at radius 3 is 2.40 bits per heavy atom. The highest BCUT2D eigenvalue weighted by Gasteiger charge is 2.42. The summed E-state index contributed by atoms with van der Waals surface area (Å²) in [4.78, 5) is 13.3. The Labute approximate surface area is 61.2 Å². The number of carbonyl (C=O) groups is 1. The molecule has 2 aliphatic rings. The van der Waals surface area contributed by atoms with Crippen molar-refractivity contribution >= 4 is 5.91 Å². The van der Waals surface area contributed by atoms with Gasteiger partial charge in [-0.3, -0.25) is 4.79 Å². The first-order valence-corrected chi connectivity index (χ1v) is 4.08. The molecule has 1 heterocycles. The summed E-state index contributed by atoms with van der Waals surface area (Å²) in [7, 11) is 0. The molecule has 2 rings (SSSR count). The molecule has 0 aromatic carbocycles. The van der Waals surface area contributed by atoms with Crippen LogP contribution in [0.25, 0.3) is 0 Å². The molecule has 56 valence electrons. The molecule has 0 aromatic heterocycles. The molecule has 0 bridgehead atoms. The van der Waals surface area contributed by atoms with Crippen LogP contribution in [-0.4, -0.2) is 23.9 Å². The van der Waals surface area contributed by atoms with Crippen LogP contribution < -0.4 is 0 Å². The number of hydrogen-bond acceptors (Lipinski definition) is 1. The molecule has 1 saturated carbocycles. The number of nitrogens with zero attached hydrogens (tertiary/aromatic N) is 1. The maximum absolute atomic E-state index is 11.3. The van der Waals surface area contributed by atoms with E-state index in [9.17, 15) is 4.79 Å². The van der Waals surface area contributed by atoms with Gasteiger partial charge in [-0.1, -0.05) is 6.92 Å². The SMILES string of the molecule is C[C@@H]1C[C@H]1C(=O)N1CCC1. The van der Waals surface area contributed by atoms with E-state index in [2.05, 4.69) is 6.92 Å². The third kappa shape index (κ3) is 0.825. The minimum absolute atomic E-state index is 0.403. The van der Waals surface area contributed by atoms with Crippen molar-refractivity contribution in [3.05, 3.63) is 0 Å². The fourth-order valence-corrected chi connectivity index (χ4v) is 1.44. The fourth-order valence-electron chi connectivity index (χ4n) is 1.44. The summed E-state index contributed by atoms with van der Waals surface area (Å²) in [5.41, 5.74) is 0. The Morgan fingerprint density at radius 2 is 2.10 bits per heavy atom. The molecule has 0 spiro atoms. The van der Waals surface area contributed by atoms with Gasteiger partial charge in [-0.15, -0.1) is 0 Å². The van der Waals surface area contributed by atoms with E-state index in [1.54, 1.807) is 0 Å². The van der Waals surface area contributed by atoms with Crippen LogP contribution in [0.4, 0.5) is 0 Å². The zero-order chi connectivity index (χ0) is 7.14. The third-order valence-corrected chi connectivity index (χ3v) is 2.59. The van der Waals surface area contributed by atoms with Crippen molar-refractivity contribution in [3.8, 4) is 0 Å². The number of amides is 1. The van der Waals surface area contributed by atoms with E-state index < -0.39 is 0 Å². The summed E-state index contributed by atoms with van der Waals surface area (Å²) in [6.45, 7) is 4.19. The highest BCUT2D eigenvalue weighted by Crippen LogP contribution is 2.39. The molecule has 1 saturated heterocycles. The van der Waals surface area contributed by atoms with Crippen molar-refractivity contribution in [2.45, 2.75) is 19.8 Å². The maximum Gasteiger partial charge on any atom is 0.225 e. The summed E-state index contributed by atoms with van der Waals surface area (Å²) in [5.74, 6) is 1.49. The lowest BCUT2D eigenvalue weighted by atomic mass is 10.2. The third-order valence-electron chi connectivity index (χ3n) is 2.59. The van der Waals surface area contributed by atoms with E-state index in [0.29, 0.717) is 17.7 Å². The number of hydrogen-bond donors (Lipinski definition) is 0. The van der Waals surface area contributed by atoms with Crippen molar-refractivity contribution in [2.24, 2.45) is 11.8 Å². The normalized spacial score (nSPS) is 37.1. The van der Waals surface area contributed by atoms with Gasteiger partial charge in [-0.2, -0.15) is 0 Å². The Morgan fingerprint density at radius 1 is 1.50 bits per heavy atom. The first-order chi connectivity index (χ1) is 4.79. The van der Waals surface area contributed by atoms with Crippen LogP contribution >= 0.6 is 0 Å². The first kappa shape index (κ1) is 6.20. The Balaban J connectivity index is 1.87. The second-order valence-corrected chi connectivity index (χ2v) is 3.50. The van der Waals surface area contributed by atoms with E-state index in [4.69, 9.17) is 0 Å². The number of carbonyl (C=O) groups excluding carboxylic acids is 1. The summed E-state index contributed by atoms with van der Waals surface area (Å²) >= 11 is 0. The lowest BCUT2D eigenvalue weighted by Crippen LogP contribution is -2.43. The molecular formula is C8H13NO. The molecule has 2 atom stereocenters. The molecule has 0 N–H and O–H groups in total. The van der Waals surface area contributed by atoms with E-state index in [0.717, 1.165) is 19.5 Å². The highest BCUT2D eigenvalue weighted by molar-refractivity contribution is 5.82. The summed E-state index contributed by atoms with van der Waals surface area (Å²) in [6.07, 6.45) is 2.35. The first-order valence-electron chi connectivity index (χ1n) is 4.08. The number of rotatable bonds is 1. The van der Waals surface area contributed by atoms with Crippen LogP contribution in [0.3, 0.4) is 0 Å². The largest absolute Gasteiger partial charge is 0.342 e. The molecule has 0 aromatic rings. The minimum Gasteiger partial charge on any atom is -0.342 e. The monoisotopic (exact) mass is 139 g/mol. The lowest BCUT2D eigenvalue weighted by molar-refractivity contribution is -0.136. The van der Waals surface area contributed by atoms with Crippen molar-refractivity contribution in [1.29, 1.82) is 0 Å². The van der Waals surface area contributed by atoms with E-state index in [1.165, 1.54) is 6.42 Å². The Hall–Kier alpha value is -0.530. The van der Waals surface area contributed by atoms with Gasteiger partial charge in [0, 0.05) is 19.0 Å². The minimum atomic E-state index is 0.403. The van der Waals surface area contributed by atoms with Gasteiger partial charge >= 0.3 is 0 Å². The maximum atomic E-state index is 11.3. The van der Waals surface area contributed by atoms with E-state index >= 15 is 0 Å². The van der Waals surface area contributed by atoms with Crippen LogP contribution in [-0.2, 0) is 4.79 Å². The standard InChI is InChI=1S/C8H13NO/c1-6-5-7(6)8(10)9-3-2-4-9/h6-7H,2-5H2,1H3/t6-,7-/m1/s1. The second-order valence-electron chi connectivity index (χ2n) is 3.50. The zero-order valence-corrected chi connectivity index (χ0v) is 6.34. The van der Waals surface area contributed by atoms with Gasteiger partial charge in [0.15, 0.2) is 0 Å². The summed E-state index contributed by atoms with van der Waals surface area (Å²) < 4.78 is 0. The topological polar surface area (TPSA) is 20.3 Å². The summed E-state index contributed by atoms with van der Waals surface area (Å²) in [5, 5.41) is 0. The molecule has 0 radical (unpaired) electrons. The fraction of sp³-hybridized carbons (Fsp3) is 0.875. The van der Waals surface area contributed by atoms with Gasteiger partial charge in [0.1, 0.15) is 0 Å². The lowest BCUT2D eigenvalue weighted by Gasteiger charge is -2.31. The van der Waals surface area contributed by atoms with Gasteiger partial charge in [0.05, 0.1) is 0 Å². The molecule has 2 nitrogen and oxygen atoms in total. The van der Waals surface area contributed by atoms with Gasteiger partial charge < -0.3 is 4.90 Å². The average Bonchev–Trinajstić information content (AvgIpc) is 2.41.